The fraction of sp³-hybridized carbons (Fsp3) is 0.667. The van der Waals surface area contributed by atoms with Crippen LogP contribution in [0.15, 0.2) is 0 Å². The molecule has 2 heterocycles. The number of thiophene rings is 1. The van der Waals surface area contributed by atoms with Gasteiger partial charge >= 0.3 is 0 Å². The van der Waals surface area contributed by atoms with Crippen molar-refractivity contribution >= 4 is 39.0 Å². The first-order valence-electron chi connectivity index (χ1n) is 8.73. The molecule has 2 aromatic rings. The van der Waals surface area contributed by atoms with Crippen molar-refractivity contribution in [2.75, 3.05) is 5.32 Å². The van der Waals surface area contributed by atoms with Crippen LogP contribution in [0.3, 0.4) is 0 Å². The number of aromatic nitrogens is 2. The van der Waals surface area contributed by atoms with E-state index in [1.54, 1.807) is 11.3 Å². The van der Waals surface area contributed by atoms with E-state index in [0.29, 0.717) is 5.28 Å². The first-order chi connectivity index (χ1) is 11.0. The van der Waals surface area contributed by atoms with Gasteiger partial charge in [-0.15, -0.1) is 11.3 Å². The molecule has 1 N–H and O–H groups in total. The Kier molecular flexibility index (Phi) is 3.04. The Morgan fingerprint density at radius 1 is 1.04 bits per heavy atom. The lowest BCUT2D eigenvalue weighted by atomic mass is 9.53. The van der Waals surface area contributed by atoms with Crippen molar-refractivity contribution in [1.82, 2.24) is 9.97 Å². The Morgan fingerprint density at radius 3 is 2.26 bits per heavy atom. The molecule has 4 aliphatic rings. The van der Waals surface area contributed by atoms with Gasteiger partial charge < -0.3 is 5.32 Å². The third kappa shape index (κ3) is 2.21. The van der Waals surface area contributed by atoms with Crippen LogP contribution in [0.4, 0.5) is 5.82 Å². The zero-order valence-electron chi connectivity index (χ0n) is 13.7. The number of anilines is 1. The topological polar surface area (TPSA) is 37.8 Å². The summed E-state index contributed by atoms with van der Waals surface area (Å²) in [5.74, 6) is 3.74. The second kappa shape index (κ2) is 4.82. The zero-order valence-corrected chi connectivity index (χ0v) is 15.2. The summed E-state index contributed by atoms with van der Waals surface area (Å²) in [7, 11) is 0. The van der Waals surface area contributed by atoms with Gasteiger partial charge in [-0.3, -0.25) is 0 Å². The average molecular weight is 348 g/mol. The number of nitrogens with one attached hydrogen (secondary N) is 1. The van der Waals surface area contributed by atoms with Crippen LogP contribution in [-0.2, 0) is 0 Å². The lowest BCUT2D eigenvalue weighted by molar-refractivity contribution is 0.0106. The van der Waals surface area contributed by atoms with Crippen molar-refractivity contribution in [3.8, 4) is 0 Å². The molecular formula is C18H22ClN3S. The quantitative estimate of drug-likeness (QED) is 0.745. The maximum atomic E-state index is 6.22. The summed E-state index contributed by atoms with van der Waals surface area (Å²) in [4.78, 5) is 11.4. The van der Waals surface area contributed by atoms with Gasteiger partial charge in [-0.05, 0) is 87.3 Å². The molecule has 3 nitrogen and oxygen atoms in total. The van der Waals surface area contributed by atoms with Gasteiger partial charge in [0.25, 0.3) is 0 Å². The van der Waals surface area contributed by atoms with Crippen LogP contribution in [0.1, 0.15) is 49.0 Å². The minimum absolute atomic E-state index is 0.252. The van der Waals surface area contributed by atoms with E-state index in [2.05, 4.69) is 29.1 Å². The minimum atomic E-state index is 0.252. The summed E-state index contributed by atoms with van der Waals surface area (Å²) in [5.41, 5.74) is 1.55. The predicted octanol–water partition coefficient (Wildman–Crippen LogP) is 5.34. The molecule has 4 aliphatic carbocycles. The van der Waals surface area contributed by atoms with Crippen LogP contribution in [-0.4, -0.2) is 15.5 Å². The van der Waals surface area contributed by atoms with Gasteiger partial charge in [0.15, 0.2) is 0 Å². The normalized spacial score (nSPS) is 35.2. The second-order valence-corrected chi connectivity index (χ2v) is 9.67. The Labute approximate surface area is 145 Å². The summed E-state index contributed by atoms with van der Waals surface area (Å²) in [6, 6.07) is 0. The molecule has 0 atom stereocenters. The molecule has 23 heavy (non-hydrogen) atoms. The van der Waals surface area contributed by atoms with E-state index in [0.717, 1.165) is 28.4 Å². The number of hydrogen-bond donors (Lipinski definition) is 1. The van der Waals surface area contributed by atoms with E-state index in [4.69, 9.17) is 11.6 Å². The molecule has 0 saturated heterocycles. The molecular weight excluding hydrogens is 326 g/mol. The molecule has 0 aromatic carbocycles. The monoisotopic (exact) mass is 347 g/mol. The third-order valence-electron chi connectivity index (χ3n) is 6.42. The SMILES string of the molecule is Cc1sc2nc(Cl)nc(NC34CC5CC(CC(C5)C3)C4)c2c1C. The molecule has 0 amide bonds. The van der Waals surface area contributed by atoms with Gasteiger partial charge in [-0.1, -0.05) is 0 Å². The summed E-state index contributed by atoms with van der Waals surface area (Å²) in [6.45, 7) is 4.33. The largest absolute Gasteiger partial charge is 0.364 e. The van der Waals surface area contributed by atoms with Crippen molar-refractivity contribution in [2.24, 2.45) is 17.8 Å². The van der Waals surface area contributed by atoms with E-state index < -0.39 is 0 Å². The van der Waals surface area contributed by atoms with Crippen molar-refractivity contribution < 1.29 is 0 Å². The average Bonchev–Trinajstić information content (AvgIpc) is 2.71. The lowest BCUT2D eigenvalue weighted by Gasteiger charge is -2.57. The molecule has 2 aromatic heterocycles. The van der Waals surface area contributed by atoms with Crippen LogP contribution >= 0.6 is 22.9 Å². The fourth-order valence-electron chi connectivity index (χ4n) is 5.83. The highest BCUT2D eigenvalue weighted by Crippen LogP contribution is 2.56. The highest BCUT2D eigenvalue weighted by Gasteiger charge is 2.51. The van der Waals surface area contributed by atoms with Gasteiger partial charge in [0, 0.05) is 10.4 Å². The van der Waals surface area contributed by atoms with E-state index in [1.165, 1.54) is 54.4 Å². The van der Waals surface area contributed by atoms with E-state index in [9.17, 15) is 0 Å². The first kappa shape index (κ1) is 14.5. The second-order valence-electron chi connectivity index (χ2n) is 8.13. The highest BCUT2D eigenvalue weighted by molar-refractivity contribution is 7.18. The maximum Gasteiger partial charge on any atom is 0.225 e. The Bertz CT molecular complexity index is 762. The standard InChI is InChI=1S/C18H22ClN3S/c1-9-10(2)23-16-14(9)15(20-17(19)21-16)22-18-6-11-3-12(7-18)5-13(4-11)8-18/h11-13H,3-8H2,1-2H3,(H,20,21,22). The van der Waals surface area contributed by atoms with Gasteiger partial charge in [-0.2, -0.15) is 0 Å². The van der Waals surface area contributed by atoms with Crippen LogP contribution in [0.5, 0.6) is 0 Å². The van der Waals surface area contributed by atoms with Crippen molar-refractivity contribution in [2.45, 2.75) is 57.9 Å². The Balaban J connectivity index is 1.59. The smallest absolute Gasteiger partial charge is 0.225 e. The maximum absolute atomic E-state index is 6.22. The van der Waals surface area contributed by atoms with Crippen LogP contribution < -0.4 is 5.32 Å². The molecule has 0 unspecified atom stereocenters. The molecule has 5 heteroatoms. The van der Waals surface area contributed by atoms with Gasteiger partial charge in [-0.25, -0.2) is 9.97 Å². The molecule has 4 saturated carbocycles. The molecule has 4 bridgehead atoms. The van der Waals surface area contributed by atoms with Crippen molar-refractivity contribution in [3.63, 3.8) is 0 Å². The van der Waals surface area contributed by atoms with Gasteiger partial charge in [0.2, 0.25) is 5.28 Å². The number of aryl methyl sites for hydroxylation is 2. The fourth-order valence-corrected chi connectivity index (χ4v) is 7.08. The predicted molar refractivity (Wildman–Crippen MR) is 96.4 cm³/mol. The molecule has 0 spiro atoms. The molecule has 122 valence electrons. The number of rotatable bonds is 2. The van der Waals surface area contributed by atoms with Crippen LogP contribution in [0.2, 0.25) is 5.28 Å². The summed E-state index contributed by atoms with van der Waals surface area (Å²) < 4.78 is 0. The Morgan fingerprint density at radius 2 is 1.65 bits per heavy atom. The van der Waals surface area contributed by atoms with Crippen LogP contribution in [0.25, 0.3) is 10.2 Å². The molecule has 0 radical (unpaired) electrons. The number of hydrogen-bond acceptors (Lipinski definition) is 4. The third-order valence-corrected chi connectivity index (χ3v) is 7.69. The summed E-state index contributed by atoms with van der Waals surface area (Å²) in [6.07, 6.45) is 8.30. The first-order valence-corrected chi connectivity index (χ1v) is 9.92. The zero-order chi connectivity index (χ0) is 15.8. The van der Waals surface area contributed by atoms with E-state index >= 15 is 0 Å². The van der Waals surface area contributed by atoms with Gasteiger partial charge in [0.05, 0.1) is 5.39 Å². The van der Waals surface area contributed by atoms with E-state index in [-0.39, 0.29) is 5.54 Å². The lowest BCUT2D eigenvalue weighted by Crippen LogP contribution is -2.54. The van der Waals surface area contributed by atoms with Crippen molar-refractivity contribution in [3.05, 3.63) is 15.7 Å². The highest BCUT2D eigenvalue weighted by atomic mass is 35.5. The Hall–Kier alpha value is -0.870. The number of nitrogens with zero attached hydrogens (tertiary/aromatic N) is 2. The van der Waals surface area contributed by atoms with Crippen molar-refractivity contribution in [1.29, 1.82) is 0 Å². The summed E-state index contributed by atoms with van der Waals surface area (Å²) in [5, 5.41) is 5.45. The number of halogens is 1. The molecule has 0 aliphatic heterocycles. The van der Waals surface area contributed by atoms with E-state index in [1.807, 2.05) is 0 Å². The summed E-state index contributed by atoms with van der Waals surface area (Å²) >= 11 is 7.94. The minimum Gasteiger partial charge on any atom is -0.364 e. The molecule has 4 fully saturated rings. The van der Waals surface area contributed by atoms with Crippen LogP contribution in [0, 0.1) is 31.6 Å². The molecule has 6 rings (SSSR count). The van der Waals surface area contributed by atoms with Gasteiger partial charge in [0.1, 0.15) is 10.6 Å². The number of fused-ring (bicyclic) bond motifs is 1.